The maximum absolute atomic E-state index is 12.6. The van der Waals surface area contributed by atoms with Gasteiger partial charge in [-0.2, -0.15) is 0 Å². The van der Waals surface area contributed by atoms with Gasteiger partial charge in [0.25, 0.3) is 5.91 Å². The van der Waals surface area contributed by atoms with E-state index in [1.54, 1.807) is 24.3 Å². The monoisotopic (exact) mass is 393 g/mol. The van der Waals surface area contributed by atoms with E-state index in [9.17, 15) is 22.8 Å². The Labute approximate surface area is 159 Å². The number of hydrogen-bond donors (Lipinski definition) is 2. The second-order valence-electron chi connectivity index (χ2n) is 6.25. The molecule has 0 radical (unpaired) electrons. The molecule has 1 fully saturated rings. The Morgan fingerprint density at radius 2 is 1.93 bits per heavy atom. The van der Waals surface area contributed by atoms with Crippen molar-refractivity contribution in [3.63, 3.8) is 0 Å². The van der Waals surface area contributed by atoms with Gasteiger partial charge in [-0.3, -0.25) is 9.59 Å². The van der Waals surface area contributed by atoms with E-state index in [2.05, 4.69) is 10.1 Å². The van der Waals surface area contributed by atoms with Gasteiger partial charge in [0.15, 0.2) is 0 Å². The van der Waals surface area contributed by atoms with Crippen LogP contribution in [0.4, 0.5) is 18.9 Å². The number of nitrogens with zero attached hydrogens (tertiary/aromatic N) is 1. The first-order valence-electron chi connectivity index (χ1n) is 8.54. The number of rotatable bonds is 5. The fraction of sp³-hybridized carbons (Fsp3) is 0.263. The Morgan fingerprint density at radius 1 is 1.21 bits per heavy atom. The summed E-state index contributed by atoms with van der Waals surface area (Å²) in [6.07, 6.45) is -4.47. The van der Waals surface area contributed by atoms with Crippen LogP contribution >= 0.6 is 0 Å². The normalized spacial score (nSPS) is 16.9. The Kier molecular flexibility index (Phi) is 5.55. The van der Waals surface area contributed by atoms with Crippen LogP contribution in [0.25, 0.3) is 0 Å². The van der Waals surface area contributed by atoms with Crippen molar-refractivity contribution in [2.45, 2.75) is 25.4 Å². The summed E-state index contributed by atoms with van der Waals surface area (Å²) in [4.78, 5) is 26.3. The van der Waals surface area contributed by atoms with Crippen LogP contribution < -0.4 is 20.7 Å². The molecule has 3 N–H and O–H groups in total. The Hall–Kier alpha value is -3.07. The highest BCUT2D eigenvalue weighted by Gasteiger charge is 2.35. The number of carbonyl (C=O) groups excluding carboxylic acids is 2. The lowest BCUT2D eigenvalue weighted by Crippen LogP contribution is -2.41. The van der Waals surface area contributed by atoms with Crippen LogP contribution in [0.5, 0.6) is 5.75 Å². The molecule has 9 heteroatoms. The number of halogens is 3. The van der Waals surface area contributed by atoms with Crippen LogP contribution in [-0.2, 0) is 11.3 Å². The second-order valence-corrected chi connectivity index (χ2v) is 6.25. The third-order valence-electron chi connectivity index (χ3n) is 4.33. The predicted octanol–water partition coefficient (Wildman–Crippen LogP) is 2.58. The number of benzene rings is 2. The molecule has 1 unspecified atom stereocenters. The van der Waals surface area contributed by atoms with Crippen molar-refractivity contribution in [1.82, 2.24) is 5.32 Å². The minimum atomic E-state index is -4.82. The summed E-state index contributed by atoms with van der Waals surface area (Å²) >= 11 is 0. The molecule has 1 heterocycles. The molecule has 0 spiro atoms. The fourth-order valence-electron chi connectivity index (χ4n) is 2.95. The van der Waals surface area contributed by atoms with Crippen molar-refractivity contribution in [3.05, 3.63) is 59.7 Å². The van der Waals surface area contributed by atoms with Crippen molar-refractivity contribution in [2.75, 3.05) is 11.4 Å². The average Bonchev–Trinajstić information content (AvgIpc) is 3.01. The van der Waals surface area contributed by atoms with Gasteiger partial charge in [-0.15, -0.1) is 13.2 Å². The van der Waals surface area contributed by atoms with Gasteiger partial charge in [0.1, 0.15) is 11.8 Å². The van der Waals surface area contributed by atoms with Gasteiger partial charge in [0.05, 0.1) is 0 Å². The number of anilines is 1. The molecular formula is C19H18F3N3O3. The van der Waals surface area contributed by atoms with E-state index in [0.29, 0.717) is 18.5 Å². The molecule has 2 amide bonds. The molecule has 2 aromatic rings. The summed E-state index contributed by atoms with van der Waals surface area (Å²) in [5, 5.41) is 2.66. The lowest BCUT2D eigenvalue weighted by molar-refractivity contribution is -0.274. The van der Waals surface area contributed by atoms with E-state index in [1.165, 1.54) is 17.0 Å². The van der Waals surface area contributed by atoms with Crippen molar-refractivity contribution in [3.8, 4) is 5.75 Å². The molecule has 0 aliphatic carbocycles. The number of alkyl halides is 3. The predicted molar refractivity (Wildman–Crippen MR) is 95.7 cm³/mol. The zero-order chi connectivity index (χ0) is 20.3. The van der Waals surface area contributed by atoms with Crippen LogP contribution in [0.1, 0.15) is 22.3 Å². The highest BCUT2D eigenvalue weighted by molar-refractivity contribution is 6.04. The van der Waals surface area contributed by atoms with Gasteiger partial charge in [-0.25, -0.2) is 0 Å². The lowest BCUT2D eigenvalue weighted by Gasteiger charge is -2.18. The van der Waals surface area contributed by atoms with Crippen molar-refractivity contribution in [2.24, 2.45) is 5.73 Å². The van der Waals surface area contributed by atoms with Crippen molar-refractivity contribution >= 4 is 17.5 Å². The van der Waals surface area contributed by atoms with Crippen molar-refractivity contribution in [1.29, 1.82) is 0 Å². The minimum absolute atomic E-state index is 0.269. The molecule has 0 saturated carbocycles. The molecule has 28 heavy (non-hydrogen) atoms. The zero-order valence-corrected chi connectivity index (χ0v) is 14.7. The Morgan fingerprint density at radius 3 is 2.57 bits per heavy atom. The molecule has 2 aromatic carbocycles. The van der Waals surface area contributed by atoms with E-state index in [1.807, 2.05) is 0 Å². The molecule has 6 nitrogen and oxygen atoms in total. The fourth-order valence-corrected chi connectivity index (χ4v) is 2.95. The molecule has 1 atom stereocenters. The third-order valence-corrected chi connectivity index (χ3v) is 4.33. The minimum Gasteiger partial charge on any atom is -0.406 e. The SMILES string of the molecule is NCc1ccc(C(=O)NC2CCN(c3cccc(OC(F)(F)F)c3)C2=O)cc1. The van der Waals surface area contributed by atoms with Gasteiger partial charge in [-0.05, 0) is 36.2 Å². The van der Waals surface area contributed by atoms with Crippen LogP contribution in [0, 0.1) is 0 Å². The van der Waals surface area contributed by atoms with E-state index >= 15 is 0 Å². The molecule has 148 valence electrons. The smallest absolute Gasteiger partial charge is 0.406 e. The standard InChI is InChI=1S/C19H18F3N3O3/c20-19(21,22)28-15-3-1-2-14(10-15)25-9-8-16(18(25)27)24-17(26)13-6-4-12(11-23)5-7-13/h1-7,10,16H,8-9,11,23H2,(H,24,26). The highest BCUT2D eigenvalue weighted by atomic mass is 19.4. The number of amides is 2. The van der Waals surface area contributed by atoms with Crippen LogP contribution in [0.2, 0.25) is 0 Å². The van der Waals surface area contributed by atoms with Gasteiger partial charge in [0, 0.05) is 30.4 Å². The molecule has 1 saturated heterocycles. The van der Waals surface area contributed by atoms with Crippen LogP contribution in [0.15, 0.2) is 48.5 Å². The van der Waals surface area contributed by atoms with Gasteiger partial charge in [-0.1, -0.05) is 18.2 Å². The number of nitrogens with one attached hydrogen (secondary N) is 1. The lowest BCUT2D eigenvalue weighted by atomic mass is 10.1. The second kappa shape index (κ2) is 7.89. The van der Waals surface area contributed by atoms with Crippen molar-refractivity contribution < 1.29 is 27.5 Å². The van der Waals surface area contributed by atoms with Gasteiger partial charge >= 0.3 is 6.36 Å². The molecule has 1 aliphatic rings. The average molecular weight is 393 g/mol. The van der Waals surface area contributed by atoms with E-state index in [4.69, 9.17) is 5.73 Å². The number of nitrogens with two attached hydrogens (primary N) is 1. The molecular weight excluding hydrogens is 375 g/mol. The summed E-state index contributed by atoms with van der Waals surface area (Å²) in [6.45, 7) is 0.625. The number of hydrogen-bond acceptors (Lipinski definition) is 4. The van der Waals surface area contributed by atoms with E-state index < -0.39 is 30.0 Å². The first-order valence-corrected chi connectivity index (χ1v) is 8.54. The maximum Gasteiger partial charge on any atom is 0.573 e. The summed E-state index contributed by atoms with van der Waals surface area (Å²) < 4.78 is 41.0. The summed E-state index contributed by atoms with van der Waals surface area (Å²) in [6, 6.07) is 11.1. The van der Waals surface area contributed by atoms with Gasteiger partial charge < -0.3 is 20.7 Å². The van der Waals surface area contributed by atoms with Crippen LogP contribution in [0.3, 0.4) is 0 Å². The first kappa shape index (κ1) is 19.7. The molecule has 3 rings (SSSR count). The third kappa shape index (κ3) is 4.61. The van der Waals surface area contributed by atoms with E-state index in [-0.39, 0.29) is 12.2 Å². The highest BCUT2D eigenvalue weighted by Crippen LogP contribution is 2.29. The topological polar surface area (TPSA) is 84.7 Å². The summed E-state index contributed by atoms with van der Waals surface area (Å²) in [5.74, 6) is -1.21. The van der Waals surface area contributed by atoms with Crippen LogP contribution in [-0.4, -0.2) is 30.8 Å². The molecule has 0 aromatic heterocycles. The Balaban J connectivity index is 1.67. The summed E-state index contributed by atoms with van der Waals surface area (Å²) in [5.41, 5.74) is 7.06. The number of carbonyl (C=O) groups is 2. The maximum atomic E-state index is 12.6. The quantitative estimate of drug-likeness (QED) is 0.818. The number of ether oxygens (including phenoxy) is 1. The summed E-state index contributed by atoms with van der Waals surface area (Å²) in [7, 11) is 0. The molecule has 1 aliphatic heterocycles. The molecule has 0 bridgehead atoms. The largest absolute Gasteiger partial charge is 0.573 e. The van der Waals surface area contributed by atoms with E-state index in [0.717, 1.165) is 17.7 Å². The van der Waals surface area contributed by atoms with Gasteiger partial charge in [0.2, 0.25) is 5.91 Å². The zero-order valence-electron chi connectivity index (χ0n) is 14.7. The first-order chi connectivity index (χ1) is 13.3. The Bertz CT molecular complexity index is 869.